The number of hydrogen-bond acceptors (Lipinski definition) is 1. The zero-order chi connectivity index (χ0) is 33.1. The Labute approximate surface area is 290 Å². The van der Waals surface area contributed by atoms with E-state index in [0.29, 0.717) is 0 Å². The minimum absolute atomic E-state index is 0.0386. The van der Waals surface area contributed by atoms with E-state index in [1.54, 1.807) is 0 Å². The van der Waals surface area contributed by atoms with Crippen LogP contribution in [0.25, 0.3) is 98.4 Å². The average Bonchev–Trinajstić information content (AvgIpc) is 3.65. The van der Waals surface area contributed by atoms with Crippen LogP contribution in [0.2, 0.25) is 0 Å². The highest BCUT2D eigenvalue weighted by molar-refractivity contribution is 6.27. The predicted octanol–water partition coefficient (Wildman–Crippen LogP) is 13.8. The first-order valence-corrected chi connectivity index (χ1v) is 17.5. The Hall–Kier alpha value is -6.18. The van der Waals surface area contributed by atoms with Crippen molar-refractivity contribution in [3.63, 3.8) is 0 Å². The topological polar surface area (TPSA) is 13.1 Å². The molecule has 0 saturated carbocycles. The highest BCUT2D eigenvalue weighted by Gasteiger charge is 2.34. The summed E-state index contributed by atoms with van der Waals surface area (Å²) in [5.74, 6) is 0. The molecule has 0 atom stereocenters. The molecule has 10 aromatic rings. The van der Waals surface area contributed by atoms with E-state index >= 15 is 0 Å². The van der Waals surface area contributed by atoms with Gasteiger partial charge in [-0.05, 0) is 112 Å². The number of hydrogen-bond donors (Lipinski definition) is 0. The van der Waals surface area contributed by atoms with Crippen molar-refractivity contribution in [2.75, 3.05) is 0 Å². The molecule has 0 N–H and O–H groups in total. The van der Waals surface area contributed by atoms with Crippen LogP contribution < -0.4 is 0 Å². The summed E-state index contributed by atoms with van der Waals surface area (Å²) < 4.78 is 6.36. The van der Waals surface area contributed by atoms with Gasteiger partial charge in [0.1, 0.15) is 11.2 Å². The van der Waals surface area contributed by atoms with Crippen LogP contribution in [-0.4, -0.2) is 0 Å². The molecule has 1 heteroatoms. The second kappa shape index (κ2) is 9.94. The quantitative estimate of drug-likeness (QED) is 0.139. The van der Waals surface area contributed by atoms with E-state index in [1.165, 1.54) is 82.0 Å². The maximum absolute atomic E-state index is 6.36. The molecule has 11 rings (SSSR count). The van der Waals surface area contributed by atoms with Gasteiger partial charge >= 0.3 is 0 Å². The van der Waals surface area contributed by atoms with Crippen molar-refractivity contribution in [3.8, 4) is 33.4 Å². The third-order valence-electron chi connectivity index (χ3n) is 11.4. The standard InChI is InChI=1S/C49H32O/c1-49(2)41-22-11-13-30-27-40(39-21-12-23-42(49)48(39)45(30)41)47-37-19-7-5-17-35(37)46(36-18-6-8-20-38(36)47)34-16-4-3-14-31(34)29-25-26-33-32-15-9-10-24-43(32)50-44(33)28-29/h3-28H,1-2H3. The lowest BCUT2D eigenvalue weighted by Crippen LogP contribution is -2.14. The number of rotatable bonds is 3. The van der Waals surface area contributed by atoms with E-state index in [4.69, 9.17) is 4.42 Å². The number of benzene rings is 9. The summed E-state index contributed by atoms with van der Waals surface area (Å²) in [6.07, 6.45) is 0. The maximum atomic E-state index is 6.36. The molecule has 0 fully saturated rings. The van der Waals surface area contributed by atoms with Gasteiger partial charge in [0.25, 0.3) is 0 Å². The van der Waals surface area contributed by atoms with Gasteiger partial charge in [-0.15, -0.1) is 0 Å². The predicted molar refractivity (Wildman–Crippen MR) is 212 cm³/mol. The Morgan fingerprint density at radius 3 is 1.64 bits per heavy atom. The Morgan fingerprint density at radius 2 is 0.920 bits per heavy atom. The van der Waals surface area contributed by atoms with Crippen LogP contribution in [0.1, 0.15) is 25.0 Å². The second-order valence-electron chi connectivity index (χ2n) is 14.4. The first-order valence-electron chi connectivity index (χ1n) is 17.5. The van der Waals surface area contributed by atoms with Crippen LogP contribution in [-0.2, 0) is 5.41 Å². The van der Waals surface area contributed by atoms with Gasteiger partial charge in [-0.25, -0.2) is 0 Å². The molecule has 1 aliphatic carbocycles. The van der Waals surface area contributed by atoms with Gasteiger partial charge in [0, 0.05) is 16.2 Å². The fourth-order valence-corrected chi connectivity index (χ4v) is 9.20. The van der Waals surface area contributed by atoms with Crippen molar-refractivity contribution in [2.24, 2.45) is 0 Å². The molecule has 0 amide bonds. The van der Waals surface area contributed by atoms with E-state index in [-0.39, 0.29) is 5.41 Å². The van der Waals surface area contributed by atoms with Crippen LogP contribution in [0, 0.1) is 0 Å². The lowest BCUT2D eigenvalue weighted by Gasteiger charge is -2.22. The molecule has 0 radical (unpaired) electrons. The first-order chi connectivity index (χ1) is 24.6. The van der Waals surface area contributed by atoms with E-state index in [2.05, 4.69) is 159 Å². The summed E-state index contributed by atoms with van der Waals surface area (Å²) in [7, 11) is 0. The van der Waals surface area contributed by atoms with Crippen molar-refractivity contribution in [1.29, 1.82) is 0 Å². The fourth-order valence-electron chi connectivity index (χ4n) is 9.20. The van der Waals surface area contributed by atoms with E-state index < -0.39 is 0 Å². The van der Waals surface area contributed by atoms with Crippen LogP contribution >= 0.6 is 0 Å². The second-order valence-corrected chi connectivity index (χ2v) is 14.4. The van der Waals surface area contributed by atoms with E-state index in [0.717, 1.165) is 27.5 Å². The summed E-state index contributed by atoms with van der Waals surface area (Å²) in [5, 5.41) is 12.8. The molecule has 1 nitrogen and oxygen atoms in total. The third-order valence-corrected chi connectivity index (χ3v) is 11.4. The molecule has 0 saturated heterocycles. The zero-order valence-electron chi connectivity index (χ0n) is 27.9. The van der Waals surface area contributed by atoms with Crippen LogP contribution in [0.4, 0.5) is 0 Å². The van der Waals surface area contributed by atoms with Gasteiger partial charge in [-0.2, -0.15) is 0 Å². The molecule has 0 aliphatic heterocycles. The van der Waals surface area contributed by atoms with Gasteiger partial charge in [0.05, 0.1) is 0 Å². The van der Waals surface area contributed by atoms with Gasteiger partial charge < -0.3 is 4.42 Å². The van der Waals surface area contributed by atoms with Crippen molar-refractivity contribution in [3.05, 3.63) is 169 Å². The number of para-hydroxylation sites is 1. The summed E-state index contributed by atoms with van der Waals surface area (Å²) >= 11 is 0. The average molecular weight is 637 g/mol. The largest absolute Gasteiger partial charge is 0.456 e. The summed E-state index contributed by atoms with van der Waals surface area (Å²) in [6, 6.07) is 58.1. The van der Waals surface area contributed by atoms with Crippen molar-refractivity contribution in [1.82, 2.24) is 0 Å². The number of fused-ring (bicyclic) bond motifs is 5. The molecule has 1 heterocycles. The molecular weight excluding hydrogens is 605 g/mol. The minimum Gasteiger partial charge on any atom is -0.456 e. The SMILES string of the molecule is CC1(C)c2cccc3cc(-c4c5ccccc5c(-c5ccccc5-c5ccc6c(c5)oc5ccccc56)c5ccccc45)c4cccc1c4c23. The Balaban J connectivity index is 1.23. The Morgan fingerprint density at radius 1 is 0.380 bits per heavy atom. The third kappa shape index (κ3) is 3.62. The van der Waals surface area contributed by atoms with Crippen molar-refractivity contribution >= 4 is 65.0 Å². The molecule has 50 heavy (non-hydrogen) atoms. The maximum Gasteiger partial charge on any atom is 0.136 e. The van der Waals surface area contributed by atoms with Gasteiger partial charge in [0.15, 0.2) is 0 Å². The smallest absolute Gasteiger partial charge is 0.136 e. The van der Waals surface area contributed by atoms with E-state index in [1.807, 2.05) is 12.1 Å². The zero-order valence-corrected chi connectivity index (χ0v) is 27.9. The lowest BCUT2D eigenvalue weighted by molar-refractivity contribution is 0.663. The molecule has 234 valence electrons. The normalized spacial score (nSPS) is 13.6. The molecule has 0 spiro atoms. The monoisotopic (exact) mass is 636 g/mol. The minimum atomic E-state index is -0.0386. The molecule has 0 bridgehead atoms. The Kier molecular flexibility index (Phi) is 5.51. The molecule has 1 aromatic heterocycles. The molecular formula is C49H32O. The highest BCUT2D eigenvalue weighted by atomic mass is 16.3. The first kappa shape index (κ1) is 27.7. The van der Waals surface area contributed by atoms with Crippen LogP contribution in [0.5, 0.6) is 0 Å². The van der Waals surface area contributed by atoms with Gasteiger partial charge in [-0.1, -0.05) is 147 Å². The fraction of sp³-hybridized carbons (Fsp3) is 0.0612. The number of furan rings is 1. The molecule has 9 aromatic carbocycles. The summed E-state index contributed by atoms with van der Waals surface area (Å²) in [4.78, 5) is 0. The molecule has 1 aliphatic rings. The van der Waals surface area contributed by atoms with E-state index in [9.17, 15) is 0 Å². The van der Waals surface area contributed by atoms with Crippen LogP contribution in [0.15, 0.2) is 162 Å². The summed E-state index contributed by atoms with van der Waals surface area (Å²) in [5.41, 5.74) is 12.1. The van der Waals surface area contributed by atoms with Crippen LogP contribution in [0.3, 0.4) is 0 Å². The van der Waals surface area contributed by atoms with Gasteiger partial charge in [0.2, 0.25) is 0 Å². The summed E-state index contributed by atoms with van der Waals surface area (Å²) in [6.45, 7) is 4.75. The Bertz CT molecular complexity index is 3010. The van der Waals surface area contributed by atoms with Crippen molar-refractivity contribution in [2.45, 2.75) is 19.3 Å². The highest BCUT2D eigenvalue weighted by Crippen LogP contribution is 2.53. The molecule has 0 unspecified atom stereocenters. The van der Waals surface area contributed by atoms with Crippen molar-refractivity contribution < 1.29 is 4.42 Å². The van der Waals surface area contributed by atoms with Gasteiger partial charge in [-0.3, -0.25) is 0 Å². The lowest BCUT2D eigenvalue weighted by atomic mass is 9.81.